The van der Waals surface area contributed by atoms with Gasteiger partial charge in [0, 0.05) is 38.4 Å². The normalized spacial score (nSPS) is 11.6. The minimum Gasteiger partial charge on any atom is -0.454 e. The fraction of sp³-hybridized carbons (Fsp3) is 0. The van der Waals surface area contributed by atoms with E-state index >= 15 is 0 Å². The Kier molecular flexibility index (Phi) is 8.13. The van der Waals surface area contributed by atoms with Gasteiger partial charge in [0.1, 0.15) is 11.3 Å². The highest BCUT2D eigenvalue weighted by Crippen LogP contribution is 2.43. The van der Waals surface area contributed by atoms with Gasteiger partial charge in [0.15, 0.2) is 11.4 Å². The predicted octanol–water partition coefficient (Wildman–Crippen LogP) is 15.2. The summed E-state index contributed by atoms with van der Waals surface area (Å²) >= 11 is 0. The van der Waals surface area contributed by atoms with Gasteiger partial charge in [-0.25, -0.2) is 15.0 Å². The third kappa shape index (κ3) is 6.04. The molecule has 0 radical (unpaired) electrons. The summed E-state index contributed by atoms with van der Waals surface area (Å²) in [5.74, 6) is 0.677. The van der Waals surface area contributed by atoms with Gasteiger partial charge in [-0.2, -0.15) is 0 Å². The molecule has 0 saturated carbocycles. The largest absolute Gasteiger partial charge is 0.454 e. The highest BCUT2D eigenvalue weighted by molar-refractivity contribution is 6.23. The molecule has 12 aromatic rings. The first-order valence-corrected chi connectivity index (χ1v) is 20.6. The van der Waals surface area contributed by atoms with E-state index in [4.69, 9.17) is 19.4 Å². The third-order valence-electron chi connectivity index (χ3n) is 11.9. The number of para-hydroxylation sites is 1. The Hall–Kier alpha value is -8.21. The Labute approximate surface area is 352 Å². The van der Waals surface area contributed by atoms with Crippen molar-refractivity contribution in [1.82, 2.24) is 15.0 Å². The number of hydrogen-bond donors (Lipinski definition) is 0. The maximum Gasteiger partial charge on any atom is 0.162 e. The van der Waals surface area contributed by atoms with E-state index in [1.54, 1.807) is 0 Å². The Morgan fingerprint density at radius 2 is 0.852 bits per heavy atom. The third-order valence-corrected chi connectivity index (χ3v) is 11.9. The van der Waals surface area contributed by atoms with Crippen LogP contribution in [-0.2, 0) is 0 Å². The van der Waals surface area contributed by atoms with Crippen molar-refractivity contribution in [3.05, 3.63) is 212 Å². The van der Waals surface area contributed by atoms with Crippen molar-refractivity contribution in [3.8, 4) is 67.4 Å². The summed E-state index contributed by atoms with van der Waals surface area (Å²) in [5.41, 5.74) is 13.8. The van der Waals surface area contributed by atoms with E-state index in [1.165, 1.54) is 27.3 Å². The Bertz CT molecular complexity index is 3610. The molecule has 12 rings (SSSR count). The van der Waals surface area contributed by atoms with Crippen molar-refractivity contribution < 1.29 is 4.42 Å². The van der Waals surface area contributed by atoms with Gasteiger partial charge in [0.25, 0.3) is 0 Å². The van der Waals surface area contributed by atoms with E-state index in [1.807, 2.05) is 36.4 Å². The average molecular weight is 778 g/mol. The molecule has 0 aliphatic heterocycles. The fourth-order valence-corrected chi connectivity index (χ4v) is 8.86. The van der Waals surface area contributed by atoms with Crippen molar-refractivity contribution in [1.29, 1.82) is 0 Å². The van der Waals surface area contributed by atoms with Crippen LogP contribution in [0, 0.1) is 0 Å². The van der Waals surface area contributed by atoms with E-state index < -0.39 is 0 Å². The van der Waals surface area contributed by atoms with E-state index in [0.29, 0.717) is 5.82 Å². The van der Waals surface area contributed by atoms with Gasteiger partial charge in [0.2, 0.25) is 0 Å². The molecule has 4 heteroatoms. The van der Waals surface area contributed by atoms with Crippen LogP contribution in [0.1, 0.15) is 0 Å². The highest BCUT2D eigenvalue weighted by atomic mass is 16.3. The van der Waals surface area contributed by atoms with Crippen LogP contribution in [0.25, 0.3) is 122 Å². The second-order valence-corrected chi connectivity index (χ2v) is 15.5. The molecule has 0 aliphatic rings. The van der Waals surface area contributed by atoms with Gasteiger partial charge < -0.3 is 4.42 Å². The predicted molar refractivity (Wildman–Crippen MR) is 252 cm³/mol. The zero-order valence-electron chi connectivity index (χ0n) is 33.0. The lowest BCUT2D eigenvalue weighted by Crippen LogP contribution is -1.96. The first-order chi connectivity index (χ1) is 30.2. The van der Waals surface area contributed by atoms with E-state index in [9.17, 15) is 0 Å². The monoisotopic (exact) mass is 777 g/mol. The summed E-state index contributed by atoms with van der Waals surface area (Å²) in [6, 6.07) is 74.4. The minimum atomic E-state index is 0.677. The lowest BCUT2D eigenvalue weighted by molar-refractivity contribution is 0.669. The van der Waals surface area contributed by atoms with E-state index in [2.05, 4.69) is 176 Å². The molecule has 0 fully saturated rings. The van der Waals surface area contributed by atoms with Crippen LogP contribution in [0.15, 0.2) is 217 Å². The first-order valence-electron chi connectivity index (χ1n) is 20.6. The Morgan fingerprint density at radius 1 is 0.328 bits per heavy atom. The molecule has 3 heterocycles. The van der Waals surface area contributed by atoms with Crippen molar-refractivity contribution >= 4 is 54.4 Å². The molecule has 0 spiro atoms. The minimum absolute atomic E-state index is 0.677. The number of fused-ring (bicyclic) bond motifs is 8. The van der Waals surface area contributed by atoms with Gasteiger partial charge in [-0.15, -0.1) is 0 Å². The molecule has 0 N–H and O–H groups in total. The van der Waals surface area contributed by atoms with Crippen molar-refractivity contribution in [2.24, 2.45) is 0 Å². The Balaban J connectivity index is 0.972. The van der Waals surface area contributed by atoms with Gasteiger partial charge >= 0.3 is 0 Å². The second kappa shape index (κ2) is 14.3. The summed E-state index contributed by atoms with van der Waals surface area (Å²) in [6.45, 7) is 0. The molecule has 284 valence electrons. The fourth-order valence-electron chi connectivity index (χ4n) is 8.86. The SMILES string of the molecule is c1ccc(-c2ccc(-c3cc(-c4ccccc4)nc(-c4ccc(-c5ccc6c(c5)nc(-c5cc7ccccc7c7ccccc57)c5oc7ccccc7c56)cc4)n3)cc2)cc1. The van der Waals surface area contributed by atoms with Crippen LogP contribution in [0.5, 0.6) is 0 Å². The van der Waals surface area contributed by atoms with E-state index in [-0.39, 0.29) is 0 Å². The molecular weight excluding hydrogens is 743 g/mol. The van der Waals surface area contributed by atoms with Crippen LogP contribution in [0.3, 0.4) is 0 Å². The number of aromatic nitrogens is 3. The molecule has 0 aliphatic carbocycles. The molecule has 4 nitrogen and oxygen atoms in total. The number of rotatable bonds is 6. The summed E-state index contributed by atoms with van der Waals surface area (Å²) in [6.07, 6.45) is 0. The van der Waals surface area contributed by atoms with Crippen LogP contribution in [0.4, 0.5) is 0 Å². The smallest absolute Gasteiger partial charge is 0.162 e. The average Bonchev–Trinajstić information content (AvgIpc) is 3.74. The summed E-state index contributed by atoms with van der Waals surface area (Å²) in [4.78, 5) is 15.7. The summed E-state index contributed by atoms with van der Waals surface area (Å²) in [7, 11) is 0. The van der Waals surface area contributed by atoms with Gasteiger partial charge in [-0.1, -0.05) is 188 Å². The quantitative estimate of drug-likeness (QED) is 0.158. The van der Waals surface area contributed by atoms with E-state index in [0.717, 1.165) is 88.7 Å². The summed E-state index contributed by atoms with van der Waals surface area (Å²) in [5, 5.41) is 7.95. The van der Waals surface area contributed by atoms with Crippen molar-refractivity contribution in [2.75, 3.05) is 0 Å². The summed E-state index contributed by atoms with van der Waals surface area (Å²) < 4.78 is 6.70. The van der Waals surface area contributed by atoms with Crippen LogP contribution >= 0.6 is 0 Å². The molecule has 0 amide bonds. The number of hydrogen-bond acceptors (Lipinski definition) is 4. The van der Waals surface area contributed by atoms with Gasteiger partial charge in [-0.3, -0.25) is 0 Å². The van der Waals surface area contributed by atoms with Crippen molar-refractivity contribution in [2.45, 2.75) is 0 Å². The highest BCUT2D eigenvalue weighted by Gasteiger charge is 2.21. The first kappa shape index (κ1) is 34.8. The molecule has 9 aromatic carbocycles. The molecule has 0 saturated heterocycles. The maximum absolute atomic E-state index is 6.70. The maximum atomic E-state index is 6.70. The van der Waals surface area contributed by atoms with Gasteiger partial charge in [0.05, 0.1) is 16.9 Å². The molecule has 0 atom stereocenters. The zero-order chi connectivity index (χ0) is 40.3. The Morgan fingerprint density at radius 3 is 1.59 bits per heavy atom. The topological polar surface area (TPSA) is 51.8 Å². The zero-order valence-corrected chi connectivity index (χ0v) is 33.0. The second-order valence-electron chi connectivity index (χ2n) is 15.5. The molecule has 61 heavy (non-hydrogen) atoms. The molecule has 0 bridgehead atoms. The number of benzene rings is 9. The lowest BCUT2D eigenvalue weighted by Gasteiger charge is -2.13. The van der Waals surface area contributed by atoms with Crippen LogP contribution in [0.2, 0.25) is 0 Å². The standard InChI is InChI=1S/C57H35N3O/c1-3-13-36(14-4-1)37-23-27-40(28-24-37)51-35-50(39-15-5-2-6-16-39)59-57(60-51)41-29-25-38(26-30-41)42-31-32-47-52(34-42)58-55(56-54(47)48-21-11-12-22-53(48)61-56)49-33-43-17-7-8-18-44(43)45-19-9-10-20-46(45)49/h1-35H. The van der Waals surface area contributed by atoms with Crippen molar-refractivity contribution in [3.63, 3.8) is 0 Å². The van der Waals surface area contributed by atoms with Crippen LogP contribution in [-0.4, -0.2) is 15.0 Å². The number of nitrogens with zero attached hydrogens (tertiary/aromatic N) is 3. The lowest BCUT2D eigenvalue weighted by atomic mass is 9.94. The number of pyridine rings is 1. The number of furan rings is 1. The van der Waals surface area contributed by atoms with Gasteiger partial charge in [-0.05, 0) is 68.1 Å². The molecular formula is C57H35N3O. The molecule has 0 unspecified atom stereocenters. The molecule has 3 aromatic heterocycles. The van der Waals surface area contributed by atoms with Crippen LogP contribution < -0.4 is 0 Å².